The van der Waals surface area contributed by atoms with E-state index in [0.29, 0.717) is 17.8 Å². The van der Waals surface area contributed by atoms with E-state index in [1.165, 1.54) is 10.9 Å². The van der Waals surface area contributed by atoms with E-state index in [9.17, 15) is 9.59 Å². The van der Waals surface area contributed by atoms with E-state index in [2.05, 4.69) is 15.7 Å². The van der Waals surface area contributed by atoms with Gasteiger partial charge in [0.05, 0.1) is 19.0 Å². The van der Waals surface area contributed by atoms with Crippen LogP contribution in [0.3, 0.4) is 0 Å². The highest BCUT2D eigenvalue weighted by atomic mass is 16.5. The predicted octanol–water partition coefficient (Wildman–Crippen LogP) is 2.91. The van der Waals surface area contributed by atoms with Gasteiger partial charge in [-0.1, -0.05) is 20.8 Å². The molecule has 0 saturated heterocycles. The van der Waals surface area contributed by atoms with Crippen LogP contribution >= 0.6 is 0 Å². The van der Waals surface area contributed by atoms with Crippen molar-refractivity contribution in [3.05, 3.63) is 36.7 Å². The van der Waals surface area contributed by atoms with E-state index < -0.39 is 0 Å². The fraction of sp³-hybridized carbons (Fsp3) is 0.389. The quantitative estimate of drug-likeness (QED) is 0.844. The molecule has 2 aromatic rings. The largest absolute Gasteiger partial charge is 0.497 e. The zero-order valence-electron chi connectivity index (χ0n) is 15.0. The number of hydrogen-bond donors (Lipinski definition) is 2. The second-order valence-electron chi connectivity index (χ2n) is 6.99. The molecule has 2 N–H and O–H groups in total. The first-order valence-corrected chi connectivity index (χ1v) is 8.01. The number of ether oxygens (including phenoxy) is 1. The number of nitrogens with zero attached hydrogens (tertiary/aromatic N) is 2. The van der Waals surface area contributed by atoms with Crippen LogP contribution < -0.4 is 15.4 Å². The van der Waals surface area contributed by atoms with Gasteiger partial charge < -0.3 is 15.4 Å². The third-order valence-corrected chi connectivity index (χ3v) is 3.29. The molecular formula is C18H24N4O3. The van der Waals surface area contributed by atoms with Gasteiger partial charge in [-0.05, 0) is 29.7 Å². The average molecular weight is 344 g/mol. The van der Waals surface area contributed by atoms with E-state index in [1.54, 1.807) is 37.6 Å². The number of amides is 2. The van der Waals surface area contributed by atoms with Crippen LogP contribution in [0.2, 0.25) is 0 Å². The third-order valence-electron chi connectivity index (χ3n) is 3.29. The summed E-state index contributed by atoms with van der Waals surface area (Å²) in [6.07, 6.45) is 3.57. The number of aromatic nitrogens is 2. The molecule has 1 heterocycles. The minimum absolute atomic E-state index is 0.0567. The van der Waals surface area contributed by atoms with Gasteiger partial charge in [-0.25, -0.2) is 0 Å². The number of nitrogens with one attached hydrogen (secondary N) is 2. The highest BCUT2D eigenvalue weighted by Crippen LogP contribution is 2.19. The molecule has 0 radical (unpaired) electrons. The predicted molar refractivity (Wildman–Crippen MR) is 96.6 cm³/mol. The van der Waals surface area contributed by atoms with Crippen LogP contribution in [0.1, 0.15) is 27.2 Å². The minimum Gasteiger partial charge on any atom is -0.497 e. The maximum atomic E-state index is 12.1. The van der Waals surface area contributed by atoms with Gasteiger partial charge >= 0.3 is 0 Å². The van der Waals surface area contributed by atoms with Gasteiger partial charge in [-0.3, -0.25) is 14.3 Å². The molecule has 0 aliphatic heterocycles. The number of benzene rings is 1. The molecule has 0 atom stereocenters. The fourth-order valence-electron chi connectivity index (χ4n) is 2.22. The van der Waals surface area contributed by atoms with Gasteiger partial charge in [0, 0.05) is 18.3 Å². The fourth-order valence-corrected chi connectivity index (χ4v) is 2.22. The van der Waals surface area contributed by atoms with Gasteiger partial charge in [0.25, 0.3) is 0 Å². The Bertz CT molecular complexity index is 730. The molecule has 0 unspecified atom stereocenters. The van der Waals surface area contributed by atoms with Crippen molar-refractivity contribution in [2.75, 3.05) is 17.7 Å². The summed E-state index contributed by atoms with van der Waals surface area (Å²) in [7, 11) is 1.59. The van der Waals surface area contributed by atoms with Crippen molar-refractivity contribution in [1.82, 2.24) is 9.78 Å². The van der Waals surface area contributed by atoms with Gasteiger partial charge in [0.15, 0.2) is 0 Å². The molecule has 0 aliphatic carbocycles. The lowest BCUT2D eigenvalue weighted by Crippen LogP contribution is -2.20. The lowest BCUT2D eigenvalue weighted by Gasteiger charge is -2.16. The first kappa shape index (κ1) is 18.5. The monoisotopic (exact) mass is 344 g/mol. The molecular weight excluding hydrogens is 320 g/mol. The third kappa shape index (κ3) is 6.29. The van der Waals surface area contributed by atoms with Gasteiger partial charge in [0.2, 0.25) is 11.8 Å². The second kappa shape index (κ2) is 7.83. The number of hydrogen-bond acceptors (Lipinski definition) is 4. The van der Waals surface area contributed by atoms with E-state index >= 15 is 0 Å². The molecule has 0 aliphatic rings. The van der Waals surface area contributed by atoms with E-state index in [0.717, 1.165) is 5.75 Å². The summed E-state index contributed by atoms with van der Waals surface area (Å²) >= 11 is 0. The molecule has 7 nitrogen and oxygen atoms in total. The SMILES string of the molecule is COc1ccc(NC(=O)Cn2cc(NC(=O)CC(C)(C)C)cn2)cc1. The average Bonchev–Trinajstić information content (AvgIpc) is 2.92. The van der Waals surface area contributed by atoms with Gasteiger partial charge in [0.1, 0.15) is 12.3 Å². The Labute approximate surface area is 147 Å². The molecule has 0 saturated carbocycles. The Morgan fingerprint density at radius 2 is 1.72 bits per heavy atom. The topological polar surface area (TPSA) is 85.2 Å². The lowest BCUT2D eigenvalue weighted by atomic mass is 9.92. The second-order valence-corrected chi connectivity index (χ2v) is 6.99. The minimum atomic E-state index is -0.208. The van der Waals surface area contributed by atoms with Gasteiger partial charge in [-0.15, -0.1) is 0 Å². The van der Waals surface area contributed by atoms with E-state index in [1.807, 2.05) is 20.8 Å². The van der Waals surface area contributed by atoms with Crippen LogP contribution in [0.5, 0.6) is 5.75 Å². The van der Waals surface area contributed by atoms with Crippen LogP contribution in [0, 0.1) is 5.41 Å². The smallest absolute Gasteiger partial charge is 0.246 e. The van der Waals surface area contributed by atoms with Crippen LogP contribution in [0.15, 0.2) is 36.7 Å². The molecule has 2 rings (SSSR count). The summed E-state index contributed by atoms with van der Waals surface area (Å²) in [6.45, 7) is 6.06. The summed E-state index contributed by atoms with van der Waals surface area (Å²) in [5.41, 5.74) is 1.17. The Balaban J connectivity index is 1.87. The van der Waals surface area contributed by atoms with Crippen molar-refractivity contribution in [2.45, 2.75) is 33.7 Å². The molecule has 25 heavy (non-hydrogen) atoms. The molecule has 134 valence electrons. The van der Waals surface area contributed by atoms with E-state index in [4.69, 9.17) is 4.74 Å². The molecule has 0 spiro atoms. The highest BCUT2D eigenvalue weighted by molar-refractivity contribution is 5.91. The maximum absolute atomic E-state index is 12.1. The summed E-state index contributed by atoms with van der Waals surface area (Å²) in [5.74, 6) is 0.441. The zero-order valence-corrected chi connectivity index (χ0v) is 15.0. The van der Waals surface area contributed by atoms with Crippen molar-refractivity contribution in [1.29, 1.82) is 0 Å². The number of carbonyl (C=O) groups is 2. The van der Waals surface area contributed by atoms with E-state index in [-0.39, 0.29) is 23.8 Å². The lowest BCUT2D eigenvalue weighted by molar-refractivity contribution is -0.118. The number of carbonyl (C=O) groups excluding carboxylic acids is 2. The summed E-state index contributed by atoms with van der Waals surface area (Å²) in [4.78, 5) is 24.0. The van der Waals surface area contributed by atoms with Crippen LogP contribution in [0.25, 0.3) is 0 Å². The Kier molecular flexibility index (Phi) is 5.80. The standard InChI is InChI=1S/C18H24N4O3/c1-18(2,3)9-16(23)21-14-10-19-22(11-14)12-17(24)20-13-5-7-15(25-4)8-6-13/h5-8,10-11H,9,12H2,1-4H3,(H,20,24)(H,21,23). The van der Waals surface area contributed by atoms with Gasteiger partial charge in [-0.2, -0.15) is 5.10 Å². The summed E-state index contributed by atoms with van der Waals surface area (Å²) in [5, 5.41) is 9.66. The zero-order chi connectivity index (χ0) is 18.4. The Morgan fingerprint density at radius 1 is 1.08 bits per heavy atom. The normalized spacial score (nSPS) is 11.0. The highest BCUT2D eigenvalue weighted by Gasteiger charge is 2.16. The first-order valence-electron chi connectivity index (χ1n) is 8.01. The molecule has 2 amide bonds. The number of rotatable bonds is 6. The van der Waals surface area contributed by atoms with Crippen molar-refractivity contribution in [3.63, 3.8) is 0 Å². The number of anilines is 2. The molecule has 7 heteroatoms. The number of methoxy groups -OCH3 is 1. The summed E-state index contributed by atoms with van der Waals surface area (Å²) < 4.78 is 6.55. The Morgan fingerprint density at radius 3 is 2.32 bits per heavy atom. The first-order chi connectivity index (χ1) is 11.7. The molecule has 0 fully saturated rings. The summed E-state index contributed by atoms with van der Waals surface area (Å²) in [6, 6.07) is 7.06. The Hall–Kier alpha value is -2.83. The van der Waals surface area contributed by atoms with Crippen molar-refractivity contribution in [2.24, 2.45) is 5.41 Å². The molecule has 1 aromatic heterocycles. The van der Waals surface area contributed by atoms with Crippen LogP contribution in [-0.2, 0) is 16.1 Å². The van der Waals surface area contributed by atoms with Crippen molar-refractivity contribution in [3.8, 4) is 5.75 Å². The molecule has 1 aromatic carbocycles. The molecule has 0 bridgehead atoms. The van der Waals surface area contributed by atoms with Crippen LogP contribution in [0.4, 0.5) is 11.4 Å². The van der Waals surface area contributed by atoms with Crippen molar-refractivity contribution >= 4 is 23.2 Å². The maximum Gasteiger partial charge on any atom is 0.246 e. The van der Waals surface area contributed by atoms with Crippen molar-refractivity contribution < 1.29 is 14.3 Å². The van der Waals surface area contributed by atoms with Crippen LogP contribution in [-0.4, -0.2) is 28.7 Å².